The second-order valence-corrected chi connectivity index (χ2v) is 8.14. The fourth-order valence-electron chi connectivity index (χ4n) is 3.15. The quantitative estimate of drug-likeness (QED) is 0.560. The number of likely N-dealkylation sites (tertiary alicyclic amines) is 1. The van der Waals surface area contributed by atoms with Crippen molar-refractivity contribution < 1.29 is 9.59 Å². The number of thioether (sulfide) groups is 1. The number of aryl methyl sites for hydroxylation is 1. The van der Waals surface area contributed by atoms with Crippen LogP contribution in [-0.2, 0) is 16.1 Å². The van der Waals surface area contributed by atoms with Crippen molar-refractivity contribution in [1.29, 1.82) is 0 Å². The number of carbonyl (C=O) groups is 2. The first-order valence-corrected chi connectivity index (χ1v) is 10.4. The smallest absolute Gasteiger partial charge is 0.225 e. The molecule has 2 aromatic rings. The number of hydrogen-bond donors (Lipinski definition) is 1. The van der Waals surface area contributed by atoms with Gasteiger partial charge in [-0.3, -0.25) is 9.59 Å². The van der Waals surface area contributed by atoms with Crippen molar-refractivity contribution in [3.05, 3.63) is 65.7 Å². The van der Waals surface area contributed by atoms with Crippen LogP contribution in [0, 0.1) is 12.8 Å². The van der Waals surface area contributed by atoms with E-state index in [1.165, 1.54) is 10.5 Å². The minimum atomic E-state index is -0.232. The summed E-state index contributed by atoms with van der Waals surface area (Å²) in [6, 6.07) is 18.4. The van der Waals surface area contributed by atoms with Crippen molar-refractivity contribution in [3.8, 4) is 0 Å². The number of nitrogens with one attached hydrogen (secondary N) is 1. The zero-order valence-electron chi connectivity index (χ0n) is 15.7. The number of rotatable bonds is 8. The molecular weight excluding hydrogens is 356 g/mol. The summed E-state index contributed by atoms with van der Waals surface area (Å²) in [7, 11) is 0. The third-order valence-electron chi connectivity index (χ3n) is 4.71. The molecule has 0 unspecified atom stereocenters. The van der Waals surface area contributed by atoms with Crippen LogP contribution in [0.1, 0.15) is 24.0 Å². The Labute approximate surface area is 165 Å². The van der Waals surface area contributed by atoms with E-state index in [1.54, 1.807) is 16.7 Å². The molecule has 2 amide bonds. The Morgan fingerprint density at radius 2 is 1.89 bits per heavy atom. The van der Waals surface area contributed by atoms with E-state index in [2.05, 4.69) is 17.4 Å². The zero-order valence-corrected chi connectivity index (χ0v) is 16.5. The lowest BCUT2D eigenvalue weighted by atomic mass is 10.1. The molecule has 1 heterocycles. The summed E-state index contributed by atoms with van der Waals surface area (Å²) in [5, 5.41) is 2.99. The van der Waals surface area contributed by atoms with Crippen molar-refractivity contribution >= 4 is 23.6 Å². The molecule has 1 aliphatic rings. The van der Waals surface area contributed by atoms with Crippen molar-refractivity contribution in [2.45, 2.75) is 31.2 Å². The predicted octanol–water partition coefficient (Wildman–Crippen LogP) is 3.64. The van der Waals surface area contributed by atoms with Crippen LogP contribution in [0.3, 0.4) is 0 Å². The molecule has 0 spiro atoms. The molecule has 0 aliphatic carbocycles. The van der Waals surface area contributed by atoms with E-state index in [1.807, 2.05) is 49.4 Å². The molecule has 142 valence electrons. The Morgan fingerprint density at radius 3 is 2.63 bits per heavy atom. The molecule has 0 bridgehead atoms. The Bertz CT molecular complexity index is 762. The average molecular weight is 383 g/mol. The van der Waals surface area contributed by atoms with Gasteiger partial charge in [0.1, 0.15) is 0 Å². The molecule has 27 heavy (non-hydrogen) atoms. The number of hydrogen-bond acceptors (Lipinski definition) is 3. The number of nitrogens with zero attached hydrogens (tertiary/aromatic N) is 1. The largest absolute Gasteiger partial charge is 0.356 e. The molecule has 0 aromatic heterocycles. The molecule has 1 N–H and O–H groups in total. The monoisotopic (exact) mass is 382 g/mol. The Hall–Kier alpha value is -2.27. The molecule has 4 nitrogen and oxygen atoms in total. The Kier molecular flexibility index (Phi) is 6.93. The molecule has 5 heteroatoms. The van der Waals surface area contributed by atoms with E-state index < -0.39 is 0 Å². The van der Waals surface area contributed by atoms with Crippen LogP contribution >= 0.6 is 11.8 Å². The maximum absolute atomic E-state index is 12.4. The third kappa shape index (κ3) is 5.86. The van der Waals surface area contributed by atoms with Crippen molar-refractivity contribution in [2.24, 2.45) is 5.92 Å². The number of amides is 2. The van der Waals surface area contributed by atoms with E-state index in [0.29, 0.717) is 26.1 Å². The first-order valence-electron chi connectivity index (χ1n) is 9.40. The summed E-state index contributed by atoms with van der Waals surface area (Å²) in [6.45, 7) is 3.79. The molecule has 1 fully saturated rings. The average Bonchev–Trinajstić information content (AvgIpc) is 3.04. The summed E-state index contributed by atoms with van der Waals surface area (Å²) in [4.78, 5) is 27.6. The van der Waals surface area contributed by atoms with E-state index in [4.69, 9.17) is 0 Å². The Morgan fingerprint density at radius 1 is 1.15 bits per heavy atom. The first kappa shape index (κ1) is 19.5. The summed E-state index contributed by atoms with van der Waals surface area (Å²) in [6.07, 6.45) is 1.23. The standard InChI is InChI=1S/C22H26N2O2S/c1-17-8-10-18(11-9-17)15-24-16-19(14-21(24)25)22(26)23-12-5-13-27-20-6-3-2-4-7-20/h2-4,6-11,19H,5,12-16H2,1H3,(H,23,26)/t19-/m1/s1. The third-order valence-corrected chi connectivity index (χ3v) is 5.81. The van der Waals surface area contributed by atoms with E-state index in [0.717, 1.165) is 17.7 Å². The SMILES string of the molecule is Cc1ccc(CN2C[C@H](C(=O)NCCCSc3ccccc3)CC2=O)cc1. The normalized spacial score (nSPS) is 16.6. The van der Waals surface area contributed by atoms with Gasteiger partial charge in [0.2, 0.25) is 11.8 Å². The van der Waals surface area contributed by atoms with Gasteiger partial charge in [0.05, 0.1) is 5.92 Å². The molecule has 0 radical (unpaired) electrons. The van der Waals surface area contributed by atoms with E-state index in [9.17, 15) is 9.59 Å². The lowest BCUT2D eigenvalue weighted by Crippen LogP contribution is -2.33. The summed E-state index contributed by atoms with van der Waals surface area (Å²) < 4.78 is 0. The van der Waals surface area contributed by atoms with E-state index in [-0.39, 0.29) is 17.7 Å². The minimum Gasteiger partial charge on any atom is -0.356 e. The predicted molar refractivity (Wildman–Crippen MR) is 109 cm³/mol. The van der Waals surface area contributed by atoms with Gasteiger partial charge in [-0.1, -0.05) is 48.0 Å². The van der Waals surface area contributed by atoms with Gasteiger partial charge < -0.3 is 10.2 Å². The van der Waals surface area contributed by atoms with Gasteiger partial charge in [-0.05, 0) is 36.8 Å². The summed E-state index contributed by atoms with van der Waals surface area (Å²) in [5.74, 6) is 0.799. The highest BCUT2D eigenvalue weighted by molar-refractivity contribution is 7.99. The highest BCUT2D eigenvalue weighted by atomic mass is 32.2. The van der Waals surface area contributed by atoms with Gasteiger partial charge in [0, 0.05) is 31.0 Å². The molecule has 2 aromatic carbocycles. The lowest BCUT2D eigenvalue weighted by Gasteiger charge is -2.17. The van der Waals surface area contributed by atoms with Crippen molar-refractivity contribution in [3.63, 3.8) is 0 Å². The van der Waals surface area contributed by atoms with Gasteiger partial charge in [-0.25, -0.2) is 0 Å². The summed E-state index contributed by atoms with van der Waals surface area (Å²) >= 11 is 1.79. The number of benzene rings is 2. The van der Waals surface area contributed by atoms with Gasteiger partial charge in [-0.15, -0.1) is 11.8 Å². The number of carbonyl (C=O) groups excluding carboxylic acids is 2. The van der Waals surface area contributed by atoms with Gasteiger partial charge in [0.25, 0.3) is 0 Å². The minimum absolute atomic E-state index is 0.000493. The van der Waals surface area contributed by atoms with Crippen LogP contribution in [0.2, 0.25) is 0 Å². The highest BCUT2D eigenvalue weighted by Gasteiger charge is 2.33. The van der Waals surface area contributed by atoms with Crippen LogP contribution < -0.4 is 5.32 Å². The van der Waals surface area contributed by atoms with Crippen molar-refractivity contribution in [1.82, 2.24) is 10.2 Å². The maximum Gasteiger partial charge on any atom is 0.225 e. The maximum atomic E-state index is 12.4. The van der Waals surface area contributed by atoms with Crippen LogP contribution in [0.5, 0.6) is 0 Å². The fraction of sp³-hybridized carbons (Fsp3) is 0.364. The van der Waals surface area contributed by atoms with Crippen LogP contribution in [0.4, 0.5) is 0 Å². The fourth-order valence-corrected chi connectivity index (χ4v) is 4.02. The lowest BCUT2D eigenvalue weighted by molar-refractivity contribution is -0.129. The van der Waals surface area contributed by atoms with Gasteiger partial charge >= 0.3 is 0 Å². The van der Waals surface area contributed by atoms with Crippen LogP contribution in [0.15, 0.2) is 59.5 Å². The Balaban J connectivity index is 1.37. The molecule has 3 rings (SSSR count). The van der Waals surface area contributed by atoms with Gasteiger partial charge in [-0.2, -0.15) is 0 Å². The van der Waals surface area contributed by atoms with Crippen LogP contribution in [0.25, 0.3) is 0 Å². The van der Waals surface area contributed by atoms with Crippen molar-refractivity contribution in [2.75, 3.05) is 18.8 Å². The first-order chi connectivity index (χ1) is 13.1. The molecule has 1 atom stereocenters. The molecule has 1 saturated heterocycles. The molecular formula is C22H26N2O2S. The zero-order chi connectivity index (χ0) is 19.1. The summed E-state index contributed by atoms with van der Waals surface area (Å²) in [5.41, 5.74) is 2.31. The molecule has 1 aliphatic heterocycles. The topological polar surface area (TPSA) is 49.4 Å². The van der Waals surface area contributed by atoms with Gasteiger partial charge in [0.15, 0.2) is 0 Å². The highest BCUT2D eigenvalue weighted by Crippen LogP contribution is 2.21. The second-order valence-electron chi connectivity index (χ2n) is 6.97. The molecule has 0 saturated carbocycles. The second kappa shape index (κ2) is 9.60. The van der Waals surface area contributed by atoms with Crippen LogP contribution in [-0.4, -0.2) is 35.6 Å². The van der Waals surface area contributed by atoms with E-state index >= 15 is 0 Å².